The summed E-state index contributed by atoms with van der Waals surface area (Å²) in [5.74, 6) is 2.97. The van der Waals surface area contributed by atoms with Crippen LogP contribution in [0, 0.1) is 0 Å². The monoisotopic (exact) mass is 437 g/mol. The van der Waals surface area contributed by atoms with E-state index in [9.17, 15) is 4.79 Å². The molecule has 0 spiro atoms. The molecule has 170 valence electrons. The second kappa shape index (κ2) is 9.98. The lowest BCUT2D eigenvalue weighted by molar-refractivity contribution is -0.118. The number of methoxy groups -OCH3 is 3. The zero-order valence-electron chi connectivity index (χ0n) is 19.0. The number of ether oxygens (including phenoxy) is 4. The van der Waals surface area contributed by atoms with E-state index in [1.54, 1.807) is 21.3 Å². The molecule has 2 aromatic rings. The summed E-state index contributed by atoms with van der Waals surface area (Å²) in [7, 11) is 4.88. The van der Waals surface area contributed by atoms with Gasteiger partial charge in [0.2, 0.25) is 5.91 Å². The molecule has 1 aliphatic heterocycles. The fraction of sp³-hybridized carbons (Fsp3) is 0.423. The van der Waals surface area contributed by atoms with Crippen molar-refractivity contribution in [2.24, 2.45) is 0 Å². The highest BCUT2D eigenvalue weighted by atomic mass is 16.5. The Bertz CT molecular complexity index is 994. The van der Waals surface area contributed by atoms with E-state index >= 15 is 0 Å². The van der Waals surface area contributed by atoms with E-state index in [1.807, 2.05) is 30.3 Å². The molecule has 32 heavy (non-hydrogen) atoms. The van der Waals surface area contributed by atoms with Gasteiger partial charge in [0.15, 0.2) is 23.0 Å². The molecule has 6 heteroatoms. The molecule has 1 saturated heterocycles. The van der Waals surface area contributed by atoms with Crippen LogP contribution in [0.25, 0.3) is 6.08 Å². The SMILES string of the molecule is COc1ccc(C=C2C[C@@H](c3ccc(OC)c(OC4CCCC4)c3)CNC2=O)cc1OC. The van der Waals surface area contributed by atoms with Crippen LogP contribution in [0.5, 0.6) is 23.0 Å². The summed E-state index contributed by atoms with van der Waals surface area (Å²) in [5.41, 5.74) is 2.77. The van der Waals surface area contributed by atoms with Crippen molar-refractivity contribution in [3.63, 3.8) is 0 Å². The Morgan fingerprint density at radius 2 is 1.56 bits per heavy atom. The second-order valence-electron chi connectivity index (χ2n) is 8.33. The maximum absolute atomic E-state index is 12.6. The minimum absolute atomic E-state index is 0.0352. The molecular formula is C26H31NO5. The average molecular weight is 438 g/mol. The van der Waals surface area contributed by atoms with Crippen molar-refractivity contribution < 1.29 is 23.7 Å². The van der Waals surface area contributed by atoms with Crippen LogP contribution in [0.2, 0.25) is 0 Å². The highest BCUT2D eigenvalue weighted by Gasteiger charge is 2.26. The van der Waals surface area contributed by atoms with E-state index in [1.165, 1.54) is 12.8 Å². The van der Waals surface area contributed by atoms with Gasteiger partial charge in [-0.2, -0.15) is 0 Å². The van der Waals surface area contributed by atoms with E-state index in [4.69, 9.17) is 18.9 Å². The predicted molar refractivity (Wildman–Crippen MR) is 124 cm³/mol. The number of benzene rings is 2. The quantitative estimate of drug-likeness (QED) is 0.635. The standard InChI is InChI=1S/C26H31NO5/c1-29-22-10-8-17(13-24(22)31-3)12-19-14-20(16-27-26(19)28)18-9-11-23(30-2)25(15-18)32-21-6-4-5-7-21/h8-13,15,20-21H,4-7,14,16H2,1-3H3,(H,27,28)/t20-/m1/s1. The summed E-state index contributed by atoms with van der Waals surface area (Å²) in [6.07, 6.45) is 7.43. The van der Waals surface area contributed by atoms with E-state index in [2.05, 4.69) is 17.4 Å². The molecule has 0 radical (unpaired) electrons. The number of hydrogen-bond acceptors (Lipinski definition) is 5. The van der Waals surface area contributed by atoms with Crippen LogP contribution < -0.4 is 24.3 Å². The number of piperidine rings is 1. The number of carbonyl (C=O) groups excluding carboxylic acids is 1. The normalized spacial score (nSPS) is 20.2. The van der Waals surface area contributed by atoms with E-state index in [0.29, 0.717) is 24.5 Å². The molecule has 1 heterocycles. The van der Waals surface area contributed by atoms with Crippen molar-refractivity contribution in [2.45, 2.75) is 44.1 Å². The van der Waals surface area contributed by atoms with Gasteiger partial charge >= 0.3 is 0 Å². The Morgan fingerprint density at radius 3 is 2.28 bits per heavy atom. The fourth-order valence-corrected chi connectivity index (χ4v) is 4.49. The third-order valence-corrected chi connectivity index (χ3v) is 6.27. The molecule has 4 rings (SSSR count). The van der Waals surface area contributed by atoms with Gasteiger partial charge in [0.1, 0.15) is 0 Å². The summed E-state index contributed by atoms with van der Waals surface area (Å²) in [6, 6.07) is 11.8. The van der Waals surface area contributed by atoms with Crippen LogP contribution >= 0.6 is 0 Å². The highest BCUT2D eigenvalue weighted by Crippen LogP contribution is 2.37. The molecule has 0 unspecified atom stereocenters. The predicted octanol–water partition coefficient (Wildman–Crippen LogP) is 4.72. The molecule has 6 nitrogen and oxygen atoms in total. The van der Waals surface area contributed by atoms with Gasteiger partial charge in [-0.1, -0.05) is 12.1 Å². The van der Waals surface area contributed by atoms with Gasteiger partial charge in [-0.25, -0.2) is 0 Å². The van der Waals surface area contributed by atoms with Gasteiger partial charge in [-0.05, 0) is 73.6 Å². The molecule has 1 atom stereocenters. The zero-order valence-corrected chi connectivity index (χ0v) is 19.0. The van der Waals surface area contributed by atoms with E-state index in [0.717, 1.165) is 41.0 Å². The largest absolute Gasteiger partial charge is 0.493 e. The van der Waals surface area contributed by atoms with Crippen molar-refractivity contribution in [3.8, 4) is 23.0 Å². The maximum Gasteiger partial charge on any atom is 0.247 e. The van der Waals surface area contributed by atoms with Crippen molar-refractivity contribution in [3.05, 3.63) is 53.1 Å². The zero-order chi connectivity index (χ0) is 22.5. The van der Waals surface area contributed by atoms with Crippen molar-refractivity contribution >= 4 is 12.0 Å². The van der Waals surface area contributed by atoms with Crippen LogP contribution in [0.3, 0.4) is 0 Å². The van der Waals surface area contributed by atoms with Crippen LogP contribution in [-0.2, 0) is 4.79 Å². The Hall–Kier alpha value is -3.15. The smallest absolute Gasteiger partial charge is 0.247 e. The van der Waals surface area contributed by atoms with Gasteiger partial charge in [-0.3, -0.25) is 4.79 Å². The first-order valence-corrected chi connectivity index (χ1v) is 11.2. The lowest BCUT2D eigenvalue weighted by Crippen LogP contribution is -2.35. The third-order valence-electron chi connectivity index (χ3n) is 6.27. The molecule has 0 aromatic heterocycles. The van der Waals surface area contributed by atoms with E-state index < -0.39 is 0 Å². The van der Waals surface area contributed by atoms with Crippen molar-refractivity contribution in [1.82, 2.24) is 5.32 Å². The van der Waals surface area contributed by atoms with Crippen LogP contribution in [0.1, 0.15) is 49.1 Å². The minimum Gasteiger partial charge on any atom is -0.493 e. The molecule has 2 aromatic carbocycles. The Kier molecular flexibility index (Phi) is 6.88. The second-order valence-corrected chi connectivity index (χ2v) is 8.33. The molecule has 2 aliphatic rings. The first-order chi connectivity index (χ1) is 15.6. The van der Waals surface area contributed by atoms with Gasteiger partial charge in [0.25, 0.3) is 0 Å². The summed E-state index contributed by atoms with van der Waals surface area (Å²) in [4.78, 5) is 12.6. The van der Waals surface area contributed by atoms with E-state index in [-0.39, 0.29) is 17.9 Å². The van der Waals surface area contributed by atoms with Gasteiger partial charge in [-0.15, -0.1) is 0 Å². The summed E-state index contributed by atoms with van der Waals surface area (Å²) >= 11 is 0. The first kappa shape index (κ1) is 22.1. The number of carbonyl (C=O) groups is 1. The number of nitrogens with one attached hydrogen (secondary N) is 1. The third kappa shape index (κ3) is 4.85. The molecule has 1 aliphatic carbocycles. The number of amides is 1. The summed E-state index contributed by atoms with van der Waals surface area (Å²) in [6.45, 7) is 0.595. The molecule has 1 amide bonds. The lowest BCUT2D eigenvalue weighted by atomic mass is 9.87. The topological polar surface area (TPSA) is 66.0 Å². The number of rotatable bonds is 7. The summed E-state index contributed by atoms with van der Waals surface area (Å²) < 4.78 is 22.5. The van der Waals surface area contributed by atoms with Gasteiger partial charge in [0.05, 0.1) is 27.4 Å². The average Bonchev–Trinajstić information content (AvgIpc) is 3.33. The van der Waals surface area contributed by atoms with Gasteiger partial charge in [0, 0.05) is 18.0 Å². The highest BCUT2D eigenvalue weighted by molar-refractivity contribution is 5.98. The molecule has 1 saturated carbocycles. The van der Waals surface area contributed by atoms with Crippen LogP contribution in [0.15, 0.2) is 42.0 Å². The molecule has 0 bridgehead atoms. The lowest BCUT2D eigenvalue weighted by Gasteiger charge is -2.26. The molecular weight excluding hydrogens is 406 g/mol. The van der Waals surface area contributed by atoms with Crippen molar-refractivity contribution in [1.29, 1.82) is 0 Å². The fourth-order valence-electron chi connectivity index (χ4n) is 4.49. The van der Waals surface area contributed by atoms with Crippen LogP contribution in [0.4, 0.5) is 0 Å². The maximum atomic E-state index is 12.6. The molecule has 2 fully saturated rings. The van der Waals surface area contributed by atoms with Gasteiger partial charge < -0.3 is 24.3 Å². The number of hydrogen-bond donors (Lipinski definition) is 1. The Balaban J connectivity index is 1.56. The van der Waals surface area contributed by atoms with Crippen molar-refractivity contribution in [2.75, 3.05) is 27.9 Å². The Morgan fingerprint density at radius 1 is 0.875 bits per heavy atom. The minimum atomic E-state index is -0.0352. The summed E-state index contributed by atoms with van der Waals surface area (Å²) in [5, 5.41) is 3.04. The molecule has 1 N–H and O–H groups in total. The Labute approximate surface area is 189 Å². The van der Waals surface area contributed by atoms with Crippen LogP contribution in [-0.4, -0.2) is 39.9 Å². The first-order valence-electron chi connectivity index (χ1n) is 11.2.